The Balaban J connectivity index is 2.66. The van der Waals surface area contributed by atoms with Gasteiger partial charge in [0, 0.05) is 6.04 Å². The fraction of sp³-hybridized carbons (Fsp3) is 0.250. The first-order valence-corrected chi connectivity index (χ1v) is 5.47. The molecule has 0 aliphatic rings. The summed E-state index contributed by atoms with van der Waals surface area (Å²) in [6, 6.07) is 2.60. The first-order chi connectivity index (χ1) is 9.12. The van der Waals surface area contributed by atoms with Crippen LogP contribution in [-0.2, 0) is 0 Å². The number of aromatic nitrogens is 1. The first-order valence-electron chi connectivity index (χ1n) is 5.47. The monoisotopic (exact) mass is 263 g/mol. The summed E-state index contributed by atoms with van der Waals surface area (Å²) >= 11 is 0. The van der Waals surface area contributed by atoms with E-state index in [0.717, 1.165) is 0 Å². The smallest absolute Gasteiger partial charge is 0.189 e. The van der Waals surface area contributed by atoms with Crippen LogP contribution in [0.15, 0.2) is 10.6 Å². The van der Waals surface area contributed by atoms with Crippen molar-refractivity contribution in [2.24, 2.45) is 0 Å². The minimum Gasteiger partial charge on any atom is -0.394 e. The Morgan fingerprint density at radius 2 is 2.47 bits per heavy atom. The predicted molar refractivity (Wildman–Crippen MR) is 64.2 cm³/mol. The Bertz CT molecular complexity index is 675. The number of rotatable bonds is 4. The third-order valence-electron chi connectivity index (χ3n) is 2.62. The molecule has 0 aliphatic carbocycles. The quantitative estimate of drug-likeness (QED) is 0.810. The Morgan fingerprint density at radius 1 is 1.74 bits per heavy atom. The lowest BCUT2D eigenvalue weighted by atomic mass is 10.1. The van der Waals surface area contributed by atoms with Gasteiger partial charge < -0.3 is 14.9 Å². The van der Waals surface area contributed by atoms with Crippen molar-refractivity contribution < 1.29 is 18.8 Å². The normalized spacial score (nSPS) is 12.1. The van der Waals surface area contributed by atoms with Gasteiger partial charge in [0.25, 0.3) is 0 Å². The molecular formula is C12H10FN3O3. The van der Waals surface area contributed by atoms with Gasteiger partial charge in [-0.2, -0.15) is 5.26 Å². The van der Waals surface area contributed by atoms with Crippen molar-refractivity contribution in [1.29, 1.82) is 5.26 Å². The Labute approximate surface area is 107 Å². The molecule has 2 rings (SSSR count). The molecule has 1 unspecified atom stereocenters. The fourth-order valence-corrected chi connectivity index (χ4v) is 1.64. The first kappa shape index (κ1) is 13.0. The largest absolute Gasteiger partial charge is 0.394 e. The molecule has 19 heavy (non-hydrogen) atoms. The molecule has 1 aromatic carbocycles. The van der Waals surface area contributed by atoms with E-state index in [0.29, 0.717) is 11.7 Å². The number of anilines is 1. The highest BCUT2D eigenvalue weighted by Gasteiger charge is 2.20. The van der Waals surface area contributed by atoms with Gasteiger partial charge in [0.1, 0.15) is 11.6 Å². The van der Waals surface area contributed by atoms with Crippen LogP contribution in [0.3, 0.4) is 0 Å². The fourth-order valence-electron chi connectivity index (χ4n) is 1.64. The summed E-state index contributed by atoms with van der Waals surface area (Å²) in [7, 11) is 0. The number of hydrogen-bond donors (Lipinski definition) is 2. The second-order valence-corrected chi connectivity index (χ2v) is 4.02. The number of aliphatic hydroxyl groups is 1. The molecule has 1 atom stereocenters. The second-order valence-electron chi connectivity index (χ2n) is 4.02. The van der Waals surface area contributed by atoms with Crippen molar-refractivity contribution >= 4 is 23.1 Å². The molecule has 0 aliphatic heterocycles. The maximum atomic E-state index is 13.7. The van der Waals surface area contributed by atoms with E-state index in [4.69, 9.17) is 14.9 Å². The molecule has 0 spiro atoms. The number of nitrogens with zero attached hydrogens (tertiary/aromatic N) is 2. The van der Waals surface area contributed by atoms with Crippen LogP contribution in [0.4, 0.5) is 10.2 Å². The zero-order valence-corrected chi connectivity index (χ0v) is 9.98. The highest BCUT2D eigenvalue weighted by atomic mass is 19.1. The molecule has 2 aromatic rings. The number of nitrogens with one attached hydrogen (secondary N) is 1. The Morgan fingerprint density at radius 3 is 3.05 bits per heavy atom. The van der Waals surface area contributed by atoms with Crippen molar-refractivity contribution in [3.8, 4) is 6.07 Å². The van der Waals surface area contributed by atoms with Crippen LogP contribution >= 0.6 is 0 Å². The van der Waals surface area contributed by atoms with Crippen LogP contribution < -0.4 is 5.32 Å². The molecule has 1 aromatic heterocycles. The number of nitriles is 1. The minimum atomic E-state index is -0.928. The van der Waals surface area contributed by atoms with Crippen LogP contribution in [0, 0.1) is 17.1 Å². The van der Waals surface area contributed by atoms with E-state index in [1.54, 1.807) is 13.0 Å². The molecule has 0 radical (unpaired) electrons. The molecular weight excluding hydrogens is 253 g/mol. The molecule has 6 nitrogen and oxygen atoms in total. The maximum Gasteiger partial charge on any atom is 0.189 e. The van der Waals surface area contributed by atoms with Gasteiger partial charge in [-0.1, -0.05) is 5.16 Å². The lowest BCUT2D eigenvalue weighted by Gasteiger charge is -2.08. The van der Waals surface area contributed by atoms with Crippen molar-refractivity contribution in [2.45, 2.75) is 13.0 Å². The molecule has 98 valence electrons. The van der Waals surface area contributed by atoms with E-state index in [1.807, 2.05) is 0 Å². The number of carbonyl (C=O) groups is 1. The Hall–Kier alpha value is -2.46. The topological polar surface area (TPSA) is 99.2 Å². The number of aliphatic hydroxyl groups excluding tert-OH is 1. The second kappa shape index (κ2) is 5.04. The van der Waals surface area contributed by atoms with E-state index in [1.165, 1.54) is 6.07 Å². The third kappa shape index (κ3) is 2.13. The molecule has 0 bridgehead atoms. The zero-order valence-electron chi connectivity index (χ0n) is 9.98. The zero-order chi connectivity index (χ0) is 14.0. The van der Waals surface area contributed by atoms with Gasteiger partial charge >= 0.3 is 0 Å². The highest BCUT2D eigenvalue weighted by Crippen LogP contribution is 2.29. The molecule has 0 saturated carbocycles. The van der Waals surface area contributed by atoms with Gasteiger partial charge in [-0.25, -0.2) is 4.39 Å². The number of hydrogen-bond acceptors (Lipinski definition) is 6. The lowest BCUT2D eigenvalue weighted by molar-refractivity contribution is 0.112. The molecule has 7 heteroatoms. The SMILES string of the molecule is CC(CO)Nc1noc2c(C#N)c(F)c(C=O)cc12. The van der Waals surface area contributed by atoms with Crippen molar-refractivity contribution in [1.82, 2.24) is 5.16 Å². The molecule has 1 heterocycles. The Kier molecular flexibility index (Phi) is 3.44. The molecule has 0 fully saturated rings. The average Bonchev–Trinajstić information content (AvgIpc) is 2.80. The van der Waals surface area contributed by atoms with Crippen molar-refractivity contribution in [3.05, 3.63) is 23.0 Å². The number of aldehydes is 1. The predicted octanol–water partition coefficient (Wildman–Crippen LogP) is 1.44. The standard InChI is InChI=1S/C12H10FN3O3/c1-6(4-17)15-12-8-2-7(5-18)10(13)9(3-14)11(8)19-16-12/h2,5-6,17H,4H2,1H3,(H,15,16). The van der Waals surface area contributed by atoms with E-state index in [9.17, 15) is 9.18 Å². The summed E-state index contributed by atoms with van der Waals surface area (Å²) in [5.41, 5.74) is -0.637. The third-order valence-corrected chi connectivity index (χ3v) is 2.62. The molecule has 0 saturated heterocycles. The van der Waals surface area contributed by atoms with Crippen molar-refractivity contribution in [3.63, 3.8) is 0 Å². The van der Waals surface area contributed by atoms with Crippen LogP contribution in [-0.4, -0.2) is 29.2 Å². The van der Waals surface area contributed by atoms with E-state index < -0.39 is 5.82 Å². The lowest BCUT2D eigenvalue weighted by Crippen LogP contribution is -2.19. The molecule has 2 N–H and O–H groups in total. The van der Waals surface area contributed by atoms with Crippen molar-refractivity contribution in [2.75, 3.05) is 11.9 Å². The van der Waals surface area contributed by atoms with Gasteiger partial charge in [0.15, 0.2) is 23.5 Å². The summed E-state index contributed by atoms with van der Waals surface area (Å²) in [5.74, 6) is -0.681. The summed E-state index contributed by atoms with van der Waals surface area (Å²) in [4.78, 5) is 10.8. The summed E-state index contributed by atoms with van der Waals surface area (Å²) in [6.45, 7) is 1.57. The minimum absolute atomic E-state index is 0.0294. The molecule has 0 amide bonds. The van der Waals surface area contributed by atoms with Gasteiger partial charge in [-0.3, -0.25) is 4.79 Å². The maximum absolute atomic E-state index is 13.7. The number of halogens is 1. The highest BCUT2D eigenvalue weighted by molar-refractivity contribution is 5.96. The summed E-state index contributed by atoms with van der Waals surface area (Å²) in [6.07, 6.45) is 0.321. The van der Waals surface area contributed by atoms with Crippen LogP contribution in [0.25, 0.3) is 11.0 Å². The van der Waals surface area contributed by atoms with E-state index >= 15 is 0 Å². The number of fused-ring (bicyclic) bond motifs is 1. The van der Waals surface area contributed by atoms with Crippen LogP contribution in [0.2, 0.25) is 0 Å². The summed E-state index contributed by atoms with van der Waals surface area (Å²) < 4.78 is 18.7. The van der Waals surface area contributed by atoms with Crippen LogP contribution in [0.5, 0.6) is 0 Å². The van der Waals surface area contributed by atoms with Gasteiger partial charge in [-0.15, -0.1) is 0 Å². The van der Waals surface area contributed by atoms with Crippen LogP contribution in [0.1, 0.15) is 22.8 Å². The average molecular weight is 263 g/mol. The number of benzene rings is 1. The van der Waals surface area contributed by atoms with E-state index in [-0.39, 0.29) is 35.2 Å². The number of carbonyl (C=O) groups excluding carboxylic acids is 1. The van der Waals surface area contributed by atoms with Gasteiger partial charge in [-0.05, 0) is 13.0 Å². The summed E-state index contributed by atoms with van der Waals surface area (Å²) in [5, 5.41) is 24.7. The van der Waals surface area contributed by atoms with E-state index in [2.05, 4.69) is 10.5 Å². The van der Waals surface area contributed by atoms with Gasteiger partial charge in [0.05, 0.1) is 17.6 Å². The van der Waals surface area contributed by atoms with Gasteiger partial charge in [0.2, 0.25) is 0 Å².